The Kier molecular flexibility index (Phi) is 22.6. The Morgan fingerprint density at radius 1 is 0.750 bits per heavy atom. The Balaban J connectivity index is 0.00000620. The summed E-state index contributed by atoms with van der Waals surface area (Å²) < 4.78 is 78.7. The molecular weight excluding hydrogens is 856 g/mol. The molecule has 3 amide bonds. The molecule has 328 valence electrons. The minimum absolute atomic E-state index is 0. The predicted octanol–water partition coefficient (Wildman–Crippen LogP) is -13.1. The van der Waals surface area contributed by atoms with Crippen molar-refractivity contribution in [2.45, 2.75) is 112 Å². The molecule has 60 heavy (non-hydrogen) atoms. The van der Waals surface area contributed by atoms with Crippen molar-refractivity contribution in [3.63, 3.8) is 0 Å². The van der Waals surface area contributed by atoms with Crippen LogP contribution in [0.2, 0.25) is 0 Å². The van der Waals surface area contributed by atoms with Gasteiger partial charge in [-0.15, -0.1) is 0 Å². The molecule has 0 saturated carbocycles. The zero-order chi connectivity index (χ0) is 42.9. The Morgan fingerprint density at radius 3 is 1.90 bits per heavy atom. The minimum Gasteiger partial charge on any atom is -0.726 e. The molecule has 28 heteroatoms. The third kappa shape index (κ3) is 14.9. The number of hydrogen-bond acceptors (Lipinski definition) is 22. The van der Waals surface area contributed by atoms with Gasteiger partial charge in [-0.1, -0.05) is 30.3 Å². The molecule has 0 unspecified atom stereocenters. The first-order chi connectivity index (χ1) is 27.3. The fourth-order valence-corrected chi connectivity index (χ4v) is 6.79. The fourth-order valence-electron chi connectivity index (χ4n) is 6.28. The van der Waals surface area contributed by atoms with Gasteiger partial charge >= 0.3 is 65.2 Å². The zero-order valence-corrected chi connectivity index (χ0v) is 37.5. The second kappa shape index (κ2) is 25.0. The van der Waals surface area contributed by atoms with Crippen molar-refractivity contribution in [1.82, 2.24) is 16.0 Å². The van der Waals surface area contributed by atoms with Crippen LogP contribution in [0.1, 0.15) is 19.4 Å². The molecule has 3 fully saturated rings. The standard InChI is InChI=1S/C32H47N3O22S.2Na/c1-13(38)34-18-21(41)20(40)16(10-36)52-30(18)55-26-22(42)23(43)31(56-27(26)28(44)45)54-25-19(35-14(2)39)29(53-17(11-37)24(25)57-58(47,48)49)50-9-8-33-32(46)51-12-15-6-4-3-5-7-15;;/h3-7,16-27,29-31,36-37,40-43H,8-12H2,1-2H3,(H,33,46)(H,34,38)(H,35,39)(H,44,45)(H,47,48,49);;/q;2*+1/p-2/t16-,17-,18-,19-,20+,21-,22-,23-,24+,25-,26+,27+,29-,30+,31-;;/m1../s1. The Hall–Kier alpha value is -1.71. The maximum absolute atomic E-state index is 12.4. The van der Waals surface area contributed by atoms with Gasteiger partial charge in [0.15, 0.2) is 18.9 Å². The maximum atomic E-state index is 12.4. The summed E-state index contributed by atoms with van der Waals surface area (Å²) in [4.78, 5) is 48.9. The van der Waals surface area contributed by atoms with Crippen LogP contribution in [0, 0.1) is 0 Å². The van der Waals surface area contributed by atoms with E-state index in [4.69, 9.17) is 33.2 Å². The van der Waals surface area contributed by atoms with Gasteiger partial charge in [0.2, 0.25) is 22.2 Å². The molecule has 4 rings (SSSR count). The number of carboxylic acid groups (broad SMARTS) is 1. The number of ether oxygens (including phenoxy) is 7. The number of benzene rings is 1. The Bertz CT molecular complexity index is 1660. The summed E-state index contributed by atoms with van der Waals surface area (Å²) in [7, 11) is -5.68. The number of aliphatic carboxylic acids is 1. The van der Waals surface area contributed by atoms with E-state index in [0.29, 0.717) is 5.56 Å². The number of alkyl carbamates (subject to hydrolysis) is 1. The zero-order valence-electron chi connectivity index (χ0n) is 32.7. The van der Waals surface area contributed by atoms with Crippen LogP contribution in [0.3, 0.4) is 0 Å². The molecule has 3 aliphatic rings. The summed E-state index contributed by atoms with van der Waals surface area (Å²) in [5.41, 5.74) is 0.694. The summed E-state index contributed by atoms with van der Waals surface area (Å²) >= 11 is 0. The molecule has 3 aliphatic heterocycles. The van der Waals surface area contributed by atoms with Gasteiger partial charge in [-0.05, 0) is 5.56 Å². The first kappa shape index (κ1) is 54.4. The second-order valence-electron chi connectivity index (χ2n) is 13.1. The van der Waals surface area contributed by atoms with Gasteiger partial charge in [-0.2, -0.15) is 0 Å². The molecule has 1 aromatic carbocycles. The van der Waals surface area contributed by atoms with E-state index in [1.807, 2.05) is 0 Å². The first-order valence-electron chi connectivity index (χ1n) is 17.5. The molecule has 3 heterocycles. The normalized spacial score (nSPS) is 34.2. The van der Waals surface area contributed by atoms with Gasteiger partial charge in [0, 0.05) is 20.4 Å². The van der Waals surface area contributed by atoms with E-state index in [9.17, 15) is 67.9 Å². The van der Waals surface area contributed by atoms with Crippen LogP contribution < -0.4 is 80.2 Å². The SMILES string of the molecule is CC(=O)N[C@H]1[C@H](O[C@H]2[C@H](O)[C@@H](O)[C@H](O[C@@H]3[C@@H](NC(C)=O)[C@H](OCCNC(=O)OCc4ccccc4)O[C@H](CO)[C@@H]3OS(=O)(=O)[O-])O[C@@H]2C(=O)[O-])O[C@H](CO)[C@H](O)[C@@H]1O.[Na+].[Na+]. The van der Waals surface area contributed by atoms with Crippen LogP contribution >= 0.6 is 0 Å². The van der Waals surface area contributed by atoms with Crippen molar-refractivity contribution < 1.29 is 164 Å². The molecule has 1 aromatic rings. The second-order valence-corrected chi connectivity index (χ2v) is 14.1. The number of carbonyl (C=O) groups excluding carboxylic acids is 4. The molecule has 0 radical (unpaired) electrons. The van der Waals surface area contributed by atoms with Crippen LogP contribution in [-0.4, -0.2) is 186 Å². The number of hydrogen-bond donors (Lipinski definition) is 9. The van der Waals surface area contributed by atoms with Crippen molar-refractivity contribution in [3.8, 4) is 0 Å². The molecule has 3 saturated heterocycles. The summed E-state index contributed by atoms with van der Waals surface area (Å²) in [6.45, 7) is -0.730. The van der Waals surface area contributed by atoms with E-state index in [1.165, 1.54) is 0 Å². The van der Waals surface area contributed by atoms with E-state index >= 15 is 0 Å². The molecule has 9 N–H and O–H groups in total. The number of amides is 3. The third-order valence-corrected chi connectivity index (χ3v) is 9.36. The summed E-state index contributed by atoms with van der Waals surface area (Å²) in [6.07, 6.45) is -27.5. The number of nitrogens with one attached hydrogen (secondary N) is 3. The number of aliphatic hydroxyl groups is 6. The largest absolute Gasteiger partial charge is 1.00 e. The Morgan fingerprint density at radius 2 is 1.33 bits per heavy atom. The van der Waals surface area contributed by atoms with Gasteiger partial charge in [-0.3, -0.25) is 13.8 Å². The van der Waals surface area contributed by atoms with E-state index < -0.39 is 146 Å². The van der Waals surface area contributed by atoms with E-state index in [1.54, 1.807) is 30.3 Å². The minimum atomic E-state index is -5.68. The quantitative estimate of drug-likeness (QED) is 0.0303. The molecule has 25 nitrogen and oxygen atoms in total. The summed E-state index contributed by atoms with van der Waals surface area (Å²) in [5.74, 6) is -3.77. The van der Waals surface area contributed by atoms with Crippen molar-refractivity contribution >= 4 is 34.3 Å². The number of carboxylic acids is 1. The average Bonchev–Trinajstić information content (AvgIpc) is 3.16. The Labute approximate surface area is 386 Å². The van der Waals surface area contributed by atoms with Crippen LogP contribution in [-0.2, 0) is 68.7 Å². The van der Waals surface area contributed by atoms with Crippen molar-refractivity contribution in [3.05, 3.63) is 35.9 Å². The average molecular weight is 902 g/mol. The molecule has 0 bridgehead atoms. The van der Waals surface area contributed by atoms with Gasteiger partial charge in [-0.25, -0.2) is 13.2 Å². The van der Waals surface area contributed by atoms with Crippen molar-refractivity contribution in [2.24, 2.45) is 0 Å². The molecule has 0 aliphatic carbocycles. The summed E-state index contributed by atoms with van der Waals surface area (Å²) in [5, 5.41) is 82.4. The summed E-state index contributed by atoms with van der Waals surface area (Å²) in [6, 6.07) is 5.30. The van der Waals surface area contributed by atoms with Crippen LogP contribution in [0.4, 0.5) is 4.79 Å². The van der Waals surface area contributed by atoms with E-state index in [-0.39, 0.29) is 72.3 Å². The molecule has 0 aromatic heterocycles. The van der Waals surface area contributed by atoms with Gasteiger partial charge in [0.05, 0.1) is 25.8 Å². The molecule has 0 spiro atoms. The third-order valence-electron chi connectivity index (χ3n) is 8.90. The van der Waals surface area contributed by atoms with E-state index in [0.717, 1.165) is 13.8 Å². The van der Waals surface area contributed by atoms with Gasteiger partial charge in [0.1, 0.15) is 79.7 Å². The number of carbonyl (C=O) groups is 4. The van der Waals surface area contributed by atoms with Crippen molar-refractivity contribution in [2.75, 3.05) is 26.4 Å². The fraction of sp³-hybridized carbons (Fsp3) is 0.688. The molecular formula is C32H45N3Na2O22S. The van der Waals surface area contributed by atoms with E-state index in [2.05, 4.69) is 20.1 Å². The number of aliphatic hydroxyl groups excluding tert-OH is 6. The predicted molar refractivity (Wildman–Crippen MR) is 179 cm³/mol. The maximum Gasteiger partial charge on any atom is 1.00 e. The monoisotopic (exact) mass is 901 g/mol. The first-order valence-corrected chi connectivity index (χ1v) is 18.8. The number of rotatable bonds is 17. The van der Waals surface area contributed by atoms with Crippen LogP contribution in [0.25, 0.3) is 0 Å². The van der Waals surface area contributed by atoms with Crippen molar-refractivity contribution in [1.29, 1.82) is 0 Å². The smallest absolute Gasteiger partial charge is 0.726 e. The topological polar surface area (TPSA) is 380 Å². The van der Waals surface area contributed by atoms with Gasteiger partial charge < -0.3 is 94.2 Å². The van der Waals surface area contributed by atoms with Gasteiger partial charge in [0.25, 0.3) is 0 Å². The molecule has 15 atom stereocenters. The van der Waals surface area contributed by atoms with Crippen LogP contribution in [0.5, 0.6) is 0 Å². The van der Waals surface area contributed by atoms with Crippen LogP contribution in [0.15, 0.2) is 30.3 Å².